The number of pyridine rings is 1. The van der Waals surface area contributed by atoms with Crippen molar-refractivity contribution >= 4 is 0 Å². The molecule has 11 heavy (non-hydrogen) atoms. The van der Waals surface area contributed by atoms with E-state index in [4.69, 9.17) is 0 Å². The Labute approximate surface area is 65.3 Å². The molecule has 0 unspecified atom stereocenters. The van der Waals surface area contributed by atoms with Gasteiger partial charge in [0.1, 0.15) is 0 Å². The predicted molar refractivity (Wildman–Crippen MR) is 44.2 cm³/mol. The molecule has 0 saturated heterocycles. The molecule has 1 heterocycles. The smallest absolute Gasteiger partial charge is 0.248 e. The molecular weight excluding hydrogens is 138 g/mol. The van der Waals surface area contributed by atoms with Crippen LogP contribution >= 0.6 is 0 Å². The van der Waals surface area contributed by atoms with Gasteiger partial charge in [0.15, 0.2) is 0 Å². The average Bonchev–Trinajstić information content (AvgIpc) is 2.01. The molecule has 0 atom stereocenters. The van der Waals surface area contributed by atoms with Crippen molar-refractivity contribution in [1.29, 1.82) is 0 Å². The van der Waals surface area contributed by atoms with Crippen molar-refractivity contribution in [3.05, 3.63) is 34.2 Å². The van der Waals surface area contributed by atoms with Crippen LogP contribution in [0.5, 0.6) is 0 Å². The number of aromatic nitrogens is 1. The average molecular weight is 147 g/mol. The highest BCUT2D eigenvalue weighted by Crippen LogP contribution is 1.85. The highest BCUT2D eigenvalue weighted by molar-refractivity contribution is 5.26. The standard InChI is InChI=1S/C9H9NO/c1-2-3-5-8-6-4-7-9(11)10-8/h4,6-7H,2H2,1H3,(H,10,11). The molecule has 0 amide bonds. The van der Waals surface area contributed by atoms with Crippen LogP contribution in [0.4, 0.5) is 0 Å². The van der Waals surface area contributed by atoms with Gasteiger partial charge < -0.3 is 4.98 Å². The summed E-state index contributed by atoms with van der Waals surface area (Å²) in [6.07, 6.45) is 0.803. The van der Waals surface area contributed by atoms with Gasteiger partial charge in [0.2, 0.25) is 5.56 Å². The van der Waals surface area contributed by atoms with Gasteiger partial charge in [-0.1, -0.05) is 18.9 Å². The van der Waals surface area contributed by atoms with E-state index in [-0.39, 0.29) is 5.56 Å². The first kappa shape index (κ1) is 7.62. The molecule has 0 aromatic carbocycles. The first-order valence-corrected chi connectivity index (χ1v) is 3.51. The maximum Gasteiger partial charge on any atom is 0.248 e. The van der Waals surface area contributed by atoms with Crippen LogP contribution in [0.1, 0.15) is 19.0 Å². The summed E-state index contributed by atoms with van der Waals surface area (Å²) in [5.41, 5.74) is 0.576. The monoisotopic (exact) mass is 147 g/mol. The van der Waals surface area contributed by atoms with E-state index in [9.17, 15) is 4.79 Å². The fourth-order valence-electron chi connectivity index (χ4n) is 0.704. The van der Waals surface area contributed by atoms with Crippen LogP contribution in [-0.4, -0.2) is 4.98 Å². The first-order valence-electron chi connectivity index (χ1n) is 3.51. The number of nitrogens with one attached hydrogen (secondary N) is 1. The zero-order valence-electron chi connectivity index (χ0n) is 6.35. The lowest BCUT2D eigenvalue weighted by molar-refractivity contribution is 1.20. The maximum absolute atomic E-state index is 10.7. The maximum atomic E-state index is 10.7. The Kier molecular flexibility index (Phi) is 2.51. The van der Waals surface area contributed by atoms with Crippen LogP contribution in [0.3, 0.4) is 0 Å². The van der Waals surface area contributed by atoms with Gasteiger partial charge in [-0.25, -0.2) is 0 Å². The van der Waals surface area contributed by atoms with Gasteiger partial charge in [-0.05, 0) is 12.0 Å². The quantitative estimate of drug-likeness (QED) is 0.548. The summed E-state index contributed by atoms with van der Waals surface area (Å²) in [5, 5.41) is 0. The molecule has 0 fully saturated rings. The van der Waals surface area contributed by atoms with Crippen molar-refractivity contribution in [2.24, 2.45) is 0 Å². The van der Waals surface area contributed by atoms with Crippen molar-refractivity contribution < 1.29 is 0 Å². The van der Waals surface area contributed by atoms with Crippen LogP contribution in [0, 0.1) is 11.8 Å². The van der Waals surface area contributed by atoms with Gasteiger partial charge in [0, 0.05) is 12.5 Å². The van der Waals surface area contributed by atoms with E-state index in [0.29, 0.717) is 5.69 Å². The summed E-state index contributed by atoms with van der Waals surface area (Å²) >= 11 is 0. The second-order valence-electron chi connectivity index (χ2n) is 2.08. The molecule has 1 aromatic rings. The fourth-order valence-corrected chi connectivity index (χ4v) is 0.704. The minimum absolute atomic E-state index is 0.104. The molecule has 0 radical (unpaired) electrons. The summed E-state index contributed by atoms with van der Waals surface area (Å²) in [6, 6.07) is 4.94. The zero-order chi connectivity index (χ0) is 8.10. The molecule has 0 saturated carbocycles. The van der Waals surface area contributed by atoms with Crippen LogP contribution in [0.25, 0.3) is 0 Å². The van der Waals surface area contributed by atoms with Gasteiger partial charge in [0.05, 0.1) is 5.69 Å². The summed E-state index contributed by atoms with van der Waals surface area (Å²) in [7, 11) is 0. The molecule has 0 aliphatic rings. The summed E-state index contributed by atoms with van der Waals surface area (Å²) in [4.78, 5) is 13.3. The molecule has 0 aliphatic carbocycles. The van der Waals surface area contributed by atoms with Gasteiger partial charge in [0.25, 0.3) is 0 Å². The van der Waals surface area contributed by atoms with Crippen LogP contribution in [-0.2, 0) is 0 Å². The normalized spacial score (nSPS) is 8.45. The lowest BCUT2D eigenvalue weighted by Gasteiger charge is -1.86. The van der Waals surface area contributed by atoms with Gasteiger partial charge in [-0.3, -0.25) is 4.79 Å². The Bertz CT molecular complexity index is 340. The third-order valence-electron chi connectivity index (χ3n) is 1.17. The summed E-state index contributed by atoms with van der Waals surface area (Å²) in [6.45, 7) is 1.97. The molecule has 0 bridgehead atoms. The van der Waals surface area contributed by atoms with Crippen molar-refractivity contribution in [1.82, 2.24) is 4.98 Å². The number of hydrogen-bond donors (Lipinski definition) is 1. The SMILES string of the molecule is CCC#Cc1cccc(=O)[nH]1. The topological polar surface area (TPSA) is 32.9 Å². The third kappa shape index (κ3) is 2.30. The van der Waals surface area contributed by atoms with E-state index in [0.717, 1.165) is 6.42 Å². The number of aromatic amines is 1. The lowest BCUT2D eigenvalue weighted by Crippen LogP contribution is -2.03. The molecule has 1 rings (SSSR count). The van der Waals surface area contributed by atoms with E-state index < -0.39 is 0 Å². The molecule has 1 N–H and O–H groups in total. The number of hydrogen-bond acceptors (Lipinski definition) is 1. The highest BCUT2D eigenvalue weighted by Gasteiger charge is 1.83. The van der Waals surface area contributed by atoms with E-state index in [1.807, 2.05) is 6.92 Å². The number of H-pyrrole nitrogens is 1. The minimum atomic E-state index is -0.104. The van der Waals surface area contributed by atoms with Crippen molar-refractivity contribution in [2.75, 3.05) is 0 Å². The van der Waals surface area contributed by atoms with E-state index in [1.54, 1.807) is 12.1 Å². The minimum Gasteiger partial charge on any atom is -0.315 e. The fraction of sp³-hybridized carbons (Fsp3) is 0.222. The lowest BCUT2D eigenvalue weighted by atomic mass is 10.3. The van der Waals surface area contributed by atoms with E-state index in [1.165, 1.54) is 6.07 Å². The Morgan fingerprint density at radius 3 is 3.00 bits per heavy atom. The highest BCUT2D eigenvalue weighted by atomic mass is 16.1. The van der Waals surface area contributed by atoms with Gasteiger partial charge in [-0.2, -0.15) is 0 Å². The third-order valence-corrected chi connectivity index (χ3v) is 1.17. The molecular formula is C9H9NO. The molecule has 2 nitrogen and oxygen atoms in total. The molecule has 1 aromatic heterocycles. The summed E-state index contributed by atoms with van der Waals surface area (Å²) in [5.74, 6) is 5.70. The van der Waals surface area contributed by atoms with Gasteiger partial charge in [-0.15, -0.1) is 0 Å². The second-order valence-corrected chi connectivity index (χ2v) is 2.08. The van der Waals surface area contributed by atoms with Gasteiger partial charge >= 0.3 is 0 Å². The molecule has 0 aliphatic heterocycles. The second kappa shape index (κ2) is 3.62. The Balaban J connectivity index is 2.97. The molecule has 56 valence electrons. The van der Waals surface area contributed by atoms with Crippen molar-refractivity contribution in [3.8, 4) is 11.8 Å². The summed E-state index contributed by atoms with van der Waals surface area (Å²) < 4.78 is 0. The Morgan fingerprint density at radius 1 is 1.55 bits per heavy atom. The zero-order valence-corrected chi connectivity index (χ0v) is 6.35. The first-order chi connectivity index (χ1) is 5.33. The van der Waals surface area contributed by atoms with Crippen molar-refractivity contribution in [2.45, 2.75) is 13.3 Å². The Hall–Kier alpha value is -1.49. The largest absolute Gasteiger partial charge is 0.315 e. The van der Waals surface area contributed by atoms with E-state index in [2.05, 4.69) is 16.8 Å². The van der Waals surface area contributed by atoms with Crippen LogP contribution in [0.2, 0.25) is 0 Å². The predicted octanol–water partition coefficient (Wildman–Crippen LogP) is 1.14. The van der Waals surface area contributed by atoms with E-state index >= 15 is 0 Å². The molecule has 2 heteroatoms. The Morgan fingerprint density at radius 2 is 2.36 bits per heavy atom. The van der Waals surface area contributed by atoms with Crippen molar-refractivity contribution in [3.63, 3.8) is 0 Å². The van der Waals surface area contributed by atoms with Crippen LogP contribution < -0.4 is 5.56 Å². The number of rotatable bonds is 0. The molecule has 0 spiro atoms. The van der Waals surface area contributed by atoms with Crippen LogP contribution in [0.15, 0.2) is 23.0 Å².